The van der Waals surface area contributed by atoms with Gasteiger partial charge in [0.25, 0.3) is 0 Å². The molecule has 142 valence electrons. The molecule has 0 aromatic carbocycles. The smallest absolute Gasteiger partial charge is 0.405 e. The van der Waals surface area contributed by atoms with Gasteiger partial charge in [-0.25, -0.2) is 9.10 Å². The van der Waals surface area contributed by atoms with Gasteiger partial charge in [0.05, 0.1) is 19.1 Å². The van der Waals surface area contributed by atoms with Crippen LogP contribution in [0.25, 0.3) is 0 Å². The van der Waals surface area contributed by atoms with E-state index in [1.807, 2.05) is 0 Å². The Labute approximate surface area is 147 Å². The minimum absolute atomic E-state index is 0.0166. The lowest BCUT2D eigenvalue weighted by atomic mass is 10.2. The van der Waals surface area contributed by atoms with Gasteiger partial charge in [-0.05, 0) is 13.3 Å². The highest BCUT2D eigenvalue weighted by atomic mass is 32.1. The molecule has 2 N–H and O–H groups in total. The fourth-order valence-corrected chi connectivity index (χ4v) is 1.92. The number of hydrogen-bond donors (Lipinski definition) is 3. The predicted octanol–water partition coefficient (Wildman–Crippen LogP) is 1.51. The molecule has 1 heterocycles. The van der Waals surface area contributed by atoms with Gasteiger partial charge in [-0.1, -0.05) is 12.8 Å². The van der Waals surface area contributed by atoms with Crippen molar-refractivity contribution in [1.29, 1.82) is 0 Å². The highest BCUT2D eigenvalue weighted by Crippen LogP contribution is 2.16. The van der Waals surface area contributed by atoms with Crippen LogP contribution in [0.3, 0.4) is 0 Å². The predicted molar refractivity (Wildman–Crippen MR) is 85.0 cm³/mol. The maximum Gasteiger partial charge on any atom is 0.405 e. The second-order valence-corrected chi connectivity index (χ2v) is 5.37. The van der Waals surface area contributed by atoms with Gasteiger partial charge < -0.3 is 15.2 Å². The zero-order valence-electron chi connectivity index (χ0n) is 13.4. The van der Waals surface area contributed by atoms with Crippen LogP contribution in [0.5, 0.6) is 0 Å². The number of aromatic nitrogens is 2. The van der Waals surface area contributed by atoms with Gasteiger partial charge in [-0.15, -0.1) is 0 Å². The van der Waals surface area contributed by atoms with Crippen LogP contribution in [0.15, 0.2) is 12.3 Å². The van der Waals surface area contributed by atoms with Crippen molar-refractivity contribution in [3.63, 3.8) is 0 Å². The van der Waals surface area contributed by atoms with E-state index >= 15 is 0 Å². The molecule has 0 bridgehead atoms. The number of ether oxygens (including phenoxy) is 1. The molecule has 2 amide bonds. The quantitative estimate of drug-likeness (QED) is 0.466. The Hall–Kier alpha value is -1.95. The number of aryl methyl sites for hydroxylation is 1. The molecule has 0 aliphatic rings. The maximum atomic E-state index is 12.1. The third-order valence-corrected chi connectivity index (χ3v) is 3.26. The molecule has 0 aliphatic heterocycles. The number of carbonyl (C=O) groups excluding carboxylic acids is 2. The number of halogens is 3. The largest absolute Gasteiger partial charge is 0.466 e. The first kappa shape index (κ1) is 21.1. The first-order chi connectivity index (χ1) is 11.6. The van der Waals surface area contributed by atoms with Crippen LogP contribution in [-0.2, 0) is 16.1 Å². The summed E-state index contributed by atoms with van der Waals surface area (Å²) in [6.45, 7) is 0.627. The Morgan fingerprint density at radius 1 is 1.52 bits per heavy atom. The Morgan fingerprint density at radius 3 is 2.80 bits per heavy atom. The van der Waals surface area contributed by atoms with E-state index in [9.17, 15) is 27.9 Å². The highest BCUT2D eigenvalue weighted by molar-refractivity contribution is 7.82. The van der Waals surface area contributed by atoms with Crippen LogP contribution < -0.4 is 9.62 Å². The molecule has 0 spiro atoms. The number of hydrogen-bond acceptors (Lipinski definition) is 6. The van der Waals surface area contributed by atoms with E-state index < -0.39 is 30.8 Å². The standard InChI is InChI=1S/C13H19F3N4O4S/c1-2-24-11(22)7-9(21)3-5-19-6-4-10(18-19)20(25)12(23)17-8-13(14,15)16/h4,6,9,21,25H,2-3,5,7-8H2,1H3,(H,17,23). The Balaban J connectivity index is 2.47. The molecule has 1 unspecified atom stereocenters. The molecule has 8 nitrogen and oxygen atoms in total. The summed E-state index contributed by atoms with van der Waals surface area (Å²) >= 11 is 3.80. The van der Waals surface area contributed by atoms with Crippen molar-refractivity contribution in [2.45, 2.75) is 38.6 Å². The zero-order valence-corrected chi connectivity index (χ0v) is 14.3. The summed E-state index contributed by atoms with van der Waals surface area (Å²) in [5, 5.41) is 15.3. The van der Waals surface area contributed by atoms with E-state index in [4.69, 9.17) is 4.74 Å². The van der Waals surface area contributed by atoms with E-state index in [1.54, 1.807) is 12.2 Å². The van der Waals surface area contributed by atoms with Crippen LogP contribution >= 0.6 is 12.8 Å². The van der Waals surface area contributed by atoms with Gasteiger partial charge in [0, 0.05) is 18.8 Å². The van der Waals surface area contributed by atoms with E-state index in [0.29, 0.717) is 4.31 Å². The number of alkyl halides is 3. The molecular formula is C13H19F3N4O4S. The lowest BCUT2D eigenvalue weighted by Gasteiger charge is -2.15. The first-order valence-electron chi connectivity index (χ1n) is 7.33. The fourth-order valence-electron chi connectivity index (χ4n) is 1.74. The number of carbonyl (C=O) groups is 2. The van der Waals surface area contributed by atoms with Gasteiger partial charge in [0.15, 0.2) is 5.82 Å². The summed E-state index contributed by atoms with van der Waals surface area (Å²) in [5.74, 6) is -0.498. The Morgan fingerprint density at radius 2 is 2.20 bits per heavy atom. The van der Waals surface area contributed by atoms with Gasteiger partial charge in [-0.2, -0.15) is 18.3 Å². The van der Waals surface area contributed by atoms with Crippen molar-refractivity contribution < 1.29 is 32.6 Å². The monoisotopic (exact) mass is 384 g/mol. The van der Waals surface area contributed by atoms with Crippen molar-refractivity contribution in [3.05, 3.63) is 12.3 Å². The maximum absolute atomic E-state index is 12.1. The third-order valence-electron chi connectivity index (χ3n) is 2.88. The molecule has 1 atom stereocenters. The lowest BCUT2D eigenvalue weighted by Crippen LogP contribution is -2.40. The van der Waals surface area contributed by atoms with E-state index in [-0.39, 0.29) is 31.8 Å². The van der Waals surface area contributed by atoms with Gasteiger partial charge >= 0.3 is 18.2 Å². The third kappa shape index (κ3) is 8.12. The van der Waals surface area contributed by atoms with Crippen LogP contribution in [0.2, 0.25) is 0 Å². The highest BCUT2D eigenvalue weighted by Gasteiger charge is 2.29. The number of thiol groups is 1. The fraction of sp³-hybridized carbons (Fsp3) is 0.615. The van der Waals surface area contributed by atoms with Crippen molar-refractivity contribution in [3.8, 4) is 0 Å². The van der Waals surface area contributed by atoms with E-state index in [0.717, 1.165) is 0 Å². The number of aliphatic hydroxyl groups excluding tert-OH is 1. The van der Waals surface area contributed by atoms with Crippen molar-refractivity contribution >= 4 is 30.6 Å². The van der Waals surface area contributed by atoms with Crippen LogP contribution in [-0.4, -0.2) is 52.3 Å². The van der Waals surface area contributed by atoms with Crippen molar-refractivity contribution in [2.75, 3.05) is 17.5 Å². The minimum atomic E-state index is -4.53. The normalized spacial score (nSPS) is 12.6. The Bertz CT molecular complexity index is 582. The molecule has 1 rings (SSSR count). The van der Waals surface area contributed by atoms with Crippen LogP contribution in [0, 0.1) is 0 Å². The molecule has 0 fully saturated rings. The molecule has 1 aromatic heterocycles. The molecule has 1 aromatic rings. The first-order valence-corrected chi connectivity index (χ1v) is 7.73. The number of nitrogens with one attached hydrogen (secondary N) is 1. The number of anilines is 1. The van der Waals surface area contributed by atoms with E-state index in [2.05, 4.69) is 17.9 Å². The molecule has 12 heteroatoms. The van der Waals surface area contributed by atoms with Gasteiger partial charge in [-0.3, -0.25) is 9.48 Å². The summed E-state index contributed by atoms with van der Waals surface area (Å²) < 4.78 is 42.9. The number of nitrogens with zero attached hydrogens (tertiary/aromatic N) is 3. The van der Waals surface area contributed by atoms with Gasteiger partial charge in [0.1, 0.15) is 6.54 Å². The number of esters is 1. The molecular weight excluding hydrogens is 365 g/mol. The summed E-state index contributed by atoms with van der Waals surface area (Å²) in [4.78, 5) is 22.8. The lowest BCUT2D eigenvalue weighted by molar-refractivity contribution is -0.145. The second-order valence-electron chi connectivity index (χ2n) is 4.97. The Kier molecular flexibility index (Phi) is 8.03. The summed E-state index contributed by atoms with van der Waals surface area (Å²) in [6, 6.07) is 0.297. The zero-order chi connectivity index (χ0) is 19.0. The van der Waals surface area contributed by atoms with Crippen LogP contribution in [0.1, 0.15) is 19.8 Å². The second kappa shape index (κ2) is 9.51. The molecule has 0 aliphatic carbocycles. The molecule has 0 saturated carbocycles. The average Bonchev–Trinajstić information content (AvgIpc) is 2.98. The summed E-state index contributed by atoms with van der Waals surface area (Å²) in [6.07, 6.45) is -3.94. The molecule has 0 saturated heterocycles. The number of aliphatic hydroxyl groups is 1. The number of urea groups is 1. The summed E-state index contributed by atoms with van der Waals surface area (Å²) in [7, 11) is 0. The SMILES string of the molecule is CCOC(=O)CC(O)CCn1ccc(N(S)C(=O)NCC(F)(F)F)n1. The van der Waals surface area contributed by atoms with Gasteiger partial charge in [0.2, 0.25) is 0 Å². The van der Waals surface area contributed by atoms with Crippen molar-refractivity contribution in [1.82, 2.24) is 15.1 Å². The van der Waals surface area contributed by atoms with Crippen LogP contribution in [0.4, 0.5) is 23.8 Å². The molecule has 0 radical (unpaired) electrons. The van der Waals surface area contributed by atoms with E-state index in [1.165, 1.54) is 16.9 Å². The summed E-state index contributed by atoms with van der Waals surface area (Å²) in [5.41, 5.74) is 0. The number of amides is 2. The molecule has 25 heavy (non-hydrogen) atoms. The number of rotatable bonds is 8. The average molecular weight is 384 g/mol. The topological polar surface area (TPSA) is 96.7 Å². The van der Waals surface area contributed by atoms with Crippen molar-refractivity contribution in [2.24, 2.45) is 0 Å². The minimum Gasteiger partial charge on any atom is -0.466 e.